The Morgan fingerprint density at radius 3 is 1.49 bits per heavy atom. The van der Waals surface area contributed by atoms with E-state index in [1.54, 1.807) is 0 Å². The second-order valence-electron chi connectivity index (χ2n) is 10.1. The van der Waals surface area contributed by atoms with Crippen LogP contribution in [0.4, 0.5) is 0 Å². The first kappa shape index (κ1) is 21.9. The van der Waals surface area contributed by atoms with Gasteiger partial charge >= 0.3 is 0 Å². The van der Waals surface area contributed by atoms with E-state index in [0.717, 1.165) is 22.1 Å². The van der Waals surface area contributed by atoms with Crippen LogP contribution in [-0.4, -0.2) is 0 Å². The zero-order valence-corrected chi connectivity index (χ0v) is 21.3. The second kappa shape index (κ2) is 8.72. The molecule has 0 N–H and O–H groups in total. The van der Waals surface area contributed by atoms with E-state index in [4.69, 9.17) is 4.42 Å². The topological polar surface area (TPSA) is 13.1 Å². The van der Waals surface area contributed by atoms with Crippen molar-refractivity contribution in [2.75, 3.05) is 0 Å². The van der Waals surface area contributed by atoms with Gasteiger partial charge in [0.15, 0.2) is 0 Å². The van der Waals surface area contributed by atoms with E-state index in [2.05, 4.69) is 146 Å². The molecule has 0 bridgehead atoms. The maximum atomic E-state index is 6.49. The normalized spacial score (nSPS) is 11.6. The molecule has 0 fully saturated rings. The van der Waals surface area contributed by atoms with Gasteiger partial charge in [-0.25, -0.2) is 0 Å². The summed E-state index contributed by atoms with van der Waals surface area (Å²) in [5, 5.41) is 7.31. The fraction of sp³-hybridized carbons (Fsp3) is 0. The molecule has 0 aliphatic carbocycles. The van der Waals surface area contributed by atoms with Crippen LogP contribution in [0.25, 0.3) is 76.9 Å². The van der Waals surface area contributed by atoms with Crippen LogP contribution in [0.3, 0.4) is 0 Å². The van der Waals surface area contributed by atoms with Crippen LogP contribution in [0.5, 0.6) is 0 Å². The number of hydrogen-bond donors (Lipinski definition) is 0. The molecule has 0 saturated heterocycles. The monoisotopic (exact) mass is 496 g/mol. The predicted octanol–water partition coefficient (Wildman–Crippen LogP) is 10.9. The second-order valence-corrected chi connectivity index (χ2v) is 10.1. The maximum Gasteiger partial charge on any atom is 0.136 e. The molecule has 1 heterocycles. The van der Waals surface area contributed by atoms with Crippen molar-refractivity contribution < 1.29 is 4.42 Å². The van der Waals surface area contributed by atoms with Gasteiger partial charge in [0.25, 0.3) is 0 Å². The molecule has 0 aliphatic rings. The Bertz CT molecular complexity index is 2090. The van der Waals surface area contributed by atoms with Gasteiger partial charge in [-0.05, 0) is 73.1 Å². The number of furan rings is 1. The van der Waals surface area contributed by atoms with Crippen molar-refractivity contribution in [3.05, 3.63) is 146 Å². The molecule has 1 heteroatoms. The zero-order valence-electron chi connectivity index (χ0n) is 21.3. The van der Waals surface area contributed by atoms with Crippen LogP contribution in [-0.2, 0) is 0 Å². The molecule has 0 amide bonds. The van der Waals surface area contributed by atoms with Gasteiger partial charge in [-0.1, -0.05) is 127 Å². The SMILES string of the molecule is c1ccc(-c2c3ccccc3c(-c3ccc4c(c3)oc3cccc(-c5ccccc5)c34)c3ccccc23)cc1. The van der Waals surface area contributed by atoms with E-state index in [1.165, 1.54) is 54.7 Å². The van der Waals surface area contributed by atoms with Crippen LogP contribution in [0.2, 0.25) is 0 Å². The number of rotatable bonds is 3. The van der Waals surface area contributed by atoms with Gasteiger partial charge in [0.2, 0.25) is 0 Å². The first-order chi connectivity index (χ1) is 19.4. The number of benzene rings is 7. The Labute approximate surface area is 226 Å². The van der Waals surface area contributed by atoms with Crippen LogP contribution in [0.1, 0.15) is 0 Å². The van der Waals surface area contributed by atoms with Gasteiger partial charge in [-0.3, -0.25) is 0 Å². The van der Waals surface area contributed by atoms with E-state index >= 15 is 0 Å². The Hall–Kier alpha value is -5.14. The first-order valence-corrected chi connectivity index (χ1v) is 13.4. The molecule has 1 aromatic heterocycles. The third kappa shape index (κ3) is 3.41. The lowest BCUT2D eigenvalue weighted by atomic mass is 9.86. The van der Waals surface area contributed by atoms with Gasteiger partial charge in [0.1, 0.15) is 11.2 Å². The predicted molar refractivity (Wildman–Crippen MR) is 165 cm³/mol. The molecule has 1 nitrogen and oxygen atoms in total. The number of hydrogen-bond acceptors (Lipinski definition) is 1. The summed E-state index contributed by atoms with van der Waals surface area (Å²) in [6.07, 6.45) is 0. The summed E-state index contributed by atoms with van der Waals surface area (Å²) in [5.41, 5.74) is 9.14. The summed E-state index contributed by atoms with van der Waals surface area (Å²) in [6, 6.07) is 51.9. The van der Waals surface area contributed by atoms with Crippen molar-refractivity contribution in [1.29, 1.82) is 0 Å². The quantitative estimate of drug-likeness (QED) is 0.222. The fourth-order valence-corrected chi connectivity index (χ4v) is 6.19. The van der Waals surface area contributed by atoms with Gasteiger partial charge < -0.3 is 4.42 Å². The number of fused-ring (bicyclic) bond motifs is 5. The summed E-state index contributed by atoms with van der Waals surface area (Å²) in [4.78, 5) is 0. The van der Waals surface area contributed by atoms with Gasteiger partial charge in [-0.15, -0.1) is 0 Å². The first-order valence-electron chi connectivity index (χ1n) is 13.4. The summed E-state index contributed by atoms with van der Waals surface area (Å²) in [7, 11) is 0. The lowest BCUT2D eigenvalue weighted by Crippen LogP contribution is -1.90. The van der Waals surface area contributed by atoms with Gasteiger partial charge in [0, 0.05) is 10.8 Å². The highest BCUT2D eigenvalue weighted by atomic mass is 16.3. The van der Waals surface area contributed by atoms with Crippen molar-refractivity contribution in [3.8, 4) is 33.4 Å². The maximum absolute atomic E-state index is 6.49. The fourth-order valence-electron chi connectivity index (χ4n) is 6.19. The van der Waals surface area contributed by atoms with Crippen molar-refractivity contribution >= 4 is 43.5 Å². The Morgan fingerprint density at radius 2 is 0.872 bits per heavy atom. The molecule has 0 saturated carbocycles. The molecular weight excluding hydrogens is 472 g/mol. The molecule has 39 heavy (non-hydrogen) atoms. The van der Waals surface area contributed by atoms with Crippen molar-refractivity contribution in [3.63, 3.8) is 0 Å². The molecular formula is C38H24O. The van der Waals surface area contributed by atoms with Crippen molar-refractivity contribution in [2.45, 2.75) is 0 Å². The molecule has 0 radical (unpaired) electrons. The summed E-state index contributed by atoms with van der Waals surface area (Å²) in [5.74, 6) is 0. The average molecular weight is 497 g/mol. The molecule has 0 aliphatic heterocycles. The van der Waals surface area contributed by atoms with Crippen LogP contribution >= 0.6 is 0 Å². The molecule has 182 valence electrons. The highest BCUT2D eigenvalue weighted by molar-refractivity contribution is 6.22. The largest absolute Gasteiger partial charge is 0.456 e. The minimum atomic E-state index is 0.908. The van der Waals surface area contributed by atoms with Crippen molar-refractivity contribution in [1.82, 2.24) is 0 Å². The van der Waals surface area contributed by atoms with Gasteiger partial charge in [-0.2, -0.15) is 0 Å². The standard InChI is InChI=1S/C38H24O/c1-3-12-25(13-4-1)28-20-11-21-34-38(28)33-23-22-27(24-35(33)39-34)37-31-18-9-7-16-29(31)36(26-14-5-2-6-15-26)30-17-8-10-19-32(30)37/h1-24H. The Morgan fingerprint density at radius 1 is 0.333 bits per heavy atom. The lowest BCUT2D eigenvalue weighted by Gasteiger charge is -2.17. The van der Waals surface area contributed by atoms with E-state index < -0.39 is 0 Å². The average Bonchev–Trinajstić information content (AvgIpc) is 3.38. The summed E-state index contributed by atoms with van der Waals surface area (Å²) >= 11 is 0. The molecule has 0 atom stereocenters. The summed E-state index contributed by atoms with van der Waals surface area (Å²) in [6.45, 7) is 0. The Kier molecular flexibility index (Phi) is 4.89. The molecule has 8 aromatic rings. The van der Waals surface area contributed by atoms with E-state index in [1.807, 2.05) is 0 Å². The van der Waals surface area contributed by atoms with Crippen LogP contribution in [0, 0.1) is 0 Å². The zero-order chi connectivity index (χ0) is 25.8. The third-order valence-corrected chi connectivity index (χ3v) is 7.86. The molecule has 8 rings (SSSR count). The molecule has 7 aromatic carbocycles. The highest BCUT2D eigenvalue weighted by Crippen LogP contribution is 2.45. The van der Waals surface area contributed by atoms with E-state index in [0.29, 0.717) is 0 Å². The van der Waals surface area contributed by atoms with E-state index in [9.17, 15) is 0 Å². The smallest absolute Gasteiger partial charge is 0.136 e. The molecule has 0 spiro atoms. The van der Waals surface area contributed by atoms with Crippen LogP contribution < -0.4 is 0 Å². The third-order valence-electron chi connectivity index (χ3n) is 7.86. The van der Waals surface area contributed by atoms with Crippen molar-refractivity contribution in [2.24, 2.45) is 0 Å². The summed E-state index contributed by atoms with van der Waals surface area (Å²) < 4.78 is 6.49. The lowest BCUT2D eigenvalue weighted by molar-refractivity contribution is 0.669. The minimum Gasteiger partial charge on any atom is -0.456 e. The Balaban J connectivity index is 1.43. The highest BCUT2D eigenvalue weighted by Gasteiger charge is 2.18. The van der Waals surface area contributed by atoms with Crippen LogP contribution in [0.15, 0.2) is 150 Å². The molecule has 0 unspecified atom stereocenters. The minimum absolute atomic E-state index is 0.908. The van der Waals surface area contributed by atoms with E-state index in [-0.39, 0.29) is 0 Å². The van der Waals surface area contributed by atoms with Gasteiger partial charge in [0.05, 0.1) is 0 Å².